The van der Waals surface area contributed by atoms with Crippen molar-refractivity contribution in [2.75, 3.05) is 6.61 Å². The predicted molar refractivity (Wildman–Crippen MR) is 97.5 cm³/mol. The molecule has 5 nitrogen and oxygen atoms in total. The summed E-state index contributed by atoms with van der Waals surface area (Å²) in [5.74, 6) is 0.487. The molecule has 0 aliphatic carbocycles. The molecule has 0 saturated heterocycles. The molecule has 0 aromatic heterocycles. The molecule has 2 aromatic rings. The number of nitrogens with zero attached hydrogens (tertiary/aromatic N) is 1. The lowest BCUT2D eigenvalue weighted by Gasteiger charge is -2.08. The quantitative estimate of drug-likeness (QED) is 0.582. The van der Waals surface area contributed by atoms with E-state index in [1.165, 1.54) is 0 Å². The molecular formula is C18H19BrN2O3. The Labute approximate surface area is 149 Å². The van der Waals surface area contributed by atoms with Crippen molar-refractivity contribution in [3.63, 3.8) is 0 Å². The van der Waals surface area contributed by atoms with Gasteiger partial charge in [0.2, 0.25) is 0 Å². The predicted octanol–water partition coefficient (Wildman–Crippen LogP) is 3.77. The SMILES string of the molecule is CCC(=NNC(=O)COc1ccc(Br)c(C)c1)c1ccc(O)cc1. The van der Waals surface area contributed by atoms with Crippen LogP contribution in [0.1, 0.15) is 24.5 Å². The lowest BCUT2D eigenvalue weighted by molar-refractivity contribution is -0.123. The van der Waals surface area contributed by atoms with Crippen molar-refractivity contribution < 1.29 is 14.6 Å². The zero-order valence-electron chi connectivity index (χ0n) is 13.5. The standard InChI is InChI=1S/C18H19BrN2O3/c1-3-17(13-4-6-14(22)7-5-13)20-21-18(23)11-24-15-8-9-16(19)12(2)10-15/h4-10,22H,3,11H2,1-2H3,(H,21,23). The minimum atomic E-state index is -0.333. The van der Waals surface area contributed by atoms with E-state index in [0.717, 1.165) is 21.3 Å². The molecule has 1 amide bonds. The van der Waals surface area contributed by atoms with E-state index < -0.39 is 0 Å². The third-order valence-electron chi connectivity index (χ3n) is 3.35. The zero-order valence-corrected chi connectivity index (χ0v) is 15.1. The lowest BCUT2D eigenvalue weighted by atomic mass is 10.1. The molecule has 6 heteroatoms. The van der Waals surface area contributed by atoms with Gasteiger partial charge in [0.1, 0.15) is 11.5 Å². The summed E-state index contributed by atoms with van der Waals surface area (Å²) in [6.07, 6.45) is 0.651. The van der Waals surface area contributed by atoms with Crippen LogP contribution in [0.3, 0.4) is 0 Å². The maximum Gasteiger partial charge on any atom is 0.277 e. The number of hydrogen-bond donors (Lipinski definition) is 2. The summed E-state index contributed by atoms with van der Waals surface area (Å²) in [6, 6.07) is 12.2. The molecule has 0 aliphatic rings. The van der Waals surface area contributed by atoms with E-state index in [0.29, 0.717) is 12.2 Å². The number of rotatable bonds is 6. The smallest absolute Gasteiger partial charge is 0.277 e. The summed E-state index contributed by atoms with van der Waals surface area (Å²) in [6.45, 7) is 3.78. The Bertz CT molecular complexity index is 742. The summed E-state index contributed by atoms with van der Waals surface area (Å²) in [5, 5.41) is 13.4. The van der Waals surface area contributed by atoms with Crippen molar-refractivity contribution >= 4 is 27.5 Å². The molecule has 0 saturated carbocycles. The van der Waals surface area contributed by atoms with Crippen LogP contribution in [0.2, 0.25) is 0 Å². The number of halogens is 1. The van der Waals surface area contributed by atoms with Gasteiger partial charge in [0.05, 0.1) is 5.71 Å². The summed E-state index contributed by atoms with van der Waals surface area (Å²) in [5.41, 5.74) is 5.10. The first-order valence-electron chi connectivity index (χ1n) is 7.53. The van der Waals surface area contributed by atoms with Gasteiger partial charge in [-0.25, -0.2) is 5.43 Å². The van der Waals surface area contributed by atoms with Crippen molar-refractivity contribution in [2.45, 2.75) is 20.3 Å². The average Bonchev–Trinajstić information content (AvgIpc) is 2.58. The van der Waals surface area contributed by atoms with E-state index >= 15 is 0 Å². The molecule has 24 heavy (non-hydrogen) atoms. The number of hydrogen-bond acceptors (Lipinski definition) is 4. The number of carbonyl (C=O) groups excluding carboxylic acids is 1. The first-order valence-corrected chi connectivity index (χ1v) is 8.32. The second-order valence-corrected chi connectivity index (χ2v) is 6.05. The third kappa shape index (κ3) is 5.09. The normalized spacial score (nSPS) is 11.2. The highest BCUT2D eigenvalue weighted by Crippen LogP contribution is 2.21. The van der Waals surface area contributed by atoms with Gasteiger partial charge >= 0.3 is 0 Å². The van der Waals surface area contributed by atoms with Gasteiger partial charge in [0, 0.05) is 4.47 Å². The molecule has 0 bridgehead atoms. The Morgan fingerprint density at radius 1 is 1.25 bits per heavy atom. The number of hydrazone groups is 1. The van der Waals surface area contributed by atoms with E-state index in [2.05, 4.69) is 26.5 Å². The van der Waals surface area contributed by atoms with E-state index in [9.17, 15) is 9.90 Å². The largest absolute Gasteiger partial charge is 0.508 e. The van der Waals surface area contributed by atoms with E-state index in [1.54, 1.807) is 30.3 Å². The second-order valence-electron chi connectivity index (χ2n) is 5.19. The van der Waals surface area contributed by atoms with Crippen molar-refractivity contribution in [2.24, 2.45) is 5.10 Å². The molecule has 0 spiro atoms. The number of ether oxygens (including phenoxy) is 1. The van der Waals surface area contributed by atoms with Gasteiger partial charge in [0.15, 0.2) is 6.61 Å². The number of benzene rings is 2. The third-order valence-corrected chi connectivity index (χ3v) is 4.24. The lowest BCUT2D eigenvalue weighted by Crippen LogP contribution is -2.26. The summed E-state index contributed by atoms with van der Waals surface area (Å²) in [7, 11) is 0. The Kier molecular flexibility index (Phi) is 6.37. The molecule has 0 atom stereocenters. The number of nitrogens with one attached hydrogen (secondary N) is 1. The highest BCUT2D eigenvalue weighted by Gasteiger charge is 2.06. The van der Waals surface area contributed by atoms with Crippen LogP contribution in [-0.2, 0) is 4.79 Å². The number of amides is 1. The van der Waals surface area contributed by atoms with Crippen LogP contribution in [0.5, 0.6) is 11.5 Å². The van der Waals surface area contributed by atoms with E-state index in [-0.39, 0.29) is 18.3 Å². The topological polar surface area (TPSA) is 70.9 Å². The molecule has 126 valence electrons. The van der Waals surface area contributed by atoms with Crippen LogP contribution in [0.25, 0.3) is 0 Å². The average molecular weight is 391 g/mol. The summed E-state index contributed by atoms with van der Waals surface area (Å²) in [4.78, 5) is 11.9. The Morgan fingerprint density at radius 2 is 1.96 bits per heavy atom. The van der Waals surface area contributed by atoms with Gasteiger partial charge in [-0.15, -0.1) is 0 Å². The molecule has 0 aliphatic heterocycles. The van der Waals surface area contributed by atoms with Crippen molar-refractivity contribution in [3.8, 4) is 11.5 Å². The zero-order chi connectivity index (χ0) is 17.5. The van der Waals surface area contributed by atoms with Crippen LogP contribution in [0, 0.1) is 6.92 Å². The van der Waals surface area contributed by atoms with Crippen LogP contribution in [0.4, 0.5) is 0 Å². The Morgan fingerprint density at radius 3 is 2.58 bits per heavy atom. The number of phenolic OH excluding ortho intramolecular Hbond substituents is 1. The number of carbonyl (C=O) groups is 1. The first kappa shape index (κ1) is 18.0. The van der Waals surface area contributed by atoms with Crippen LogP contribution in [-0.4, -0.2) is 23.3 Å². The van der Waals surface area contributed by atoms with E-state index in [4.69, 9.17) is 4.74 Å². The van der Waals surface area contributed by atoms with Crippen molar-refractivity contribution in [1.82, 2.24) is 5.43 Å². The van der Waals surface area contributed by atoms with Gasteiger partial charge in [-0.3, -0.25) is 4.79 Å². The Balaban J connectivity index is 1.93. The van der Waals surface area contributed by atoms with Crippen LogP contribution < -0.4 is 10.2 Å². The summed E-state index contributed by atoms with van der Waals surface area (Å²) < 4.78 is 6.45. The first-order chi connectivity index (χ1) is 11.5. The second kappa shape index (κ2) is 8.49. The van der Waals surface area contributed by atoms with Crippen molar-refractivity contribution in [1.29, 1.82) is 0 Å². The van der Waals surface area contributed by atoms with Crippen LogP contribution >= 0.6 is 15.9 Å². The fourth-order valence-corrected chi connectivity index (χ4v) is 2.27. The molecule has 0 unspecified atom stereocenters. The number of phenols is 1. The molecular weight excluding hydrogens is 372 g/mol. The molecule has 0 radical (unpaired) electrons. The maximum atomic E-state index is 11.9. The molecule has 0 heterocycles. The van der Waals surface area contributed by atoms with Gasteiger partial charge in [-0.1, -0.05) is 22.9 Å². The monoisotopic (exact) mass is 390 g/mol. The van der Waals surface area contributed by atoms with Crippen LogP contribution in [0.15, 0.2) is 52.0 Å². The minimum Gasteiger partial charge on any atom is -0.508 e. The molecule has 2 N–H and O–H groups in total. The Hall–Kier alpha value is -2.34. The maximum absolute atomic E-state index is 11.9. The highest BCUT2D eigenvalue weighted by atomic mass is 79.9. The van der Waals surface area contributed by atoms with Gasteiger partial charge in [-0.05, 0) is 66.9 Å². The highest BCUT2D eigenvalue weighted by molar-refractivity contribution is 9.10. The van der Waals surface area contributed by atoms with Gasteiger partial charge in [-0.2, -0.15) is 5.10 Å². The number of aryl methyl sites for hydroxylation is 1. The number of aromatic hydroxyl groups is 1. The van der Waals surface area contributed by atoms with Crippen molar-refractivity contribution in [3.05, 3.63) is 58.1 Å². The van der Waals surface area contributed by atoms with Gasteiger partial charge in [0.25, 0.3) is 5.91 Å². The van der Waals surface area contributed by atoms with Gasteiger partial charge < -0.3 is 9.84 Å². The summed E-state index contributed by atoms with van der Waals surface area (Å²) >= 11 is 3.42. The van der Waals surface area contributed by atoms with E-state index in [1.807, 2.05) is 26.0 Å². The fraction of sp³-hybridized carbons (Fsp3) is 0.222. The minimum absolute atomic E-state index is 0.114. The molecule has 2 rings (SSSR count). The fourth-order valence-electron chi connectivity index (χ4n) is 2.02. The molecule has 0 fully saturated rings. The molecule has 2 aromatic carbocycles.